The molecule has 1 saturated heterocycles. The van der Waals surface area contributed by atoms with Crippen LogP contribution in [0.25, 0.3) is 10.9 Å². The Morgan fingerprint density at radius 3 is 2.62 bits per heavy atom. The lowest BCUT2D eigenvalue weighted by atomic mass is 9.66. The Hall–Kier alpha value is -2.32. The van der Waals surface area contributed by atoms with Crippen molar-refractivity contribution in [1.82, 2.24) is 9.88 Å². The summed E-state index contributed by atoms with van der Waals surface area (Å²) in [5, 5.41) is 5.45. The van der Waals surface area contributed by atoms with Crippen LogP contribution in [0, 0.1) is 11.8 Å². The van der Waals surface area contributed by atoms with Crippen molar-refractivity contribution in [3.05, 3.63) is 83.6 Å². The van der Waals surface area contributed by atoms with Gasteiger partial charge >= 0.3 is 0 Å². The van der Waals surface area contributed by atoms with E-state index in [0.717, 1.165) is 18.9 Å². The molecule has 3 aromatic rings. The first kappa shape index (κ1) is 18.7. The summed E-state index contributed by atoms with van der Waals surface area (Å²) in [4.78, 5) is 0. The minimum atomic E-state index is 0.209. The average molecular weight is 385 g/mol. The maximum absolute atomic E-state index is 4.05. The van der Waals surface area contributed by atoms with Crippen LogP contribution in [0.5, 0.6) is 0 Å². The van der Waals surface area contributed by atoms with E-state index in [1.165, 1.54) is 34.9 Å². The molecular formula is C27H32N2. The summed E-state index contributed by atoms with van der Waals surface area (Å²) in [6.45, 7) is 8.06. The van der Waals surface area contributed by atoms with Crippen molar-refractivity contribution in [2.45, 2.75) is 58.2 Å². The lowest BCUT2D eigenvalue weighted by molar-refractivity contribution is 0.109. The van der Waals surface area contributed by atoms with Gasteiger partial charge in [0.25, 0.3) is 0 Å². The van der Waals surface area contributed by atoms with Crippen LogP contribution < -0.4 is 5.32 Å². The molecule has 1 aliphatic carbocycles. The quantitative estimate of drug-likeness (QED) is 0.550. The number of allylic oxidation sites excluding steroid dienone is 1. The number of fused-ring (bicyclic) bond motifs is 3. The van der Waals surface area contributed by atoms with Gasteiger partial charge in [-0.3, -0.25) is 0 Å². The number of nitrogens with one attached hydrogen (secondary N) is 1. The molecule has 29 heavy (non-hydrogen) atoms. The molecule has 0 saturated carbocycles. The van der Waals surface area contributed by atoms with E-state index < -0.39 is 0 Å². The highest BCUT2D eigenvalue weighted by atomic mass is 15.0. The van der Waals surface area contributed by atoms with E-state index in [1.54, 1.807) is 5.57 Å². The number of benzene rings is 2. The lowest BCUT2D eigenvalue weighted by Crippen LogP contribution is -2.60. The fourth-order valence-electron chi connectivity index (χ4n) is 5.66. The largest absolute Gasteiger partial charge is 0.343 e. The Balaban J connectivity index is 1.49. The van der Waals surface area contributed by atoms with Gasteiger partial charge in [0, 0.05) is 35.2 Å². The van der Waals surface area contributed by atoms with Crippen molar-refractivity contribution in [1.29, 1.82) is 0 Å². The number of rotatable bonds is 4. The normalized spacial score (nSPS) is 25.8. The van der Waals surface area contributed by atoms with Crippen molar-refractivity contribution in [2.24, 2.45) is 11.8 Å². The summed E-state index contributed by atoms with van der Waals surface area (Å²) in [6, 6.07) is 20.2. The minimum Gasteiger partial charge on any atom is -0.343 e. The SMILES string of the molecule is CC1=CCC2CC1C(Cc1cn(Cc3ccccc3)c3ccccc13)NC2(C)C. The molecule has 5 rings (SSSR count). The van der Waals surface area contributed by atoms with Gasteiger partial charge in [0.05, 0.1) is 0 Å². The zero-order valence-corrected chi connectivity index (χ0v) is 17.9. The molecule has 1 N–H and O–H groups in total. The summed E-state index contributed by atoms with van der Waals surface area (Å²) in [5.41, 5.74) is 5.96. The third-order valence-corrected chi connectivity index (χ3v) is 7.42. The number of aromatic nitrogens is 1. The third-order valence-electron chi connectivity index (χ3n) is 7.42. The van der Waals surface area contributed by atoms with Crippen LogP contribution >= 0.6 is 0 Å². The second-order valence-corrected chi connectivity index (χ2v) is 9.68. The molecule has 2 bridgehead atoms. The van der Waals surface area contributed by atoms with Crippen molar-refractivity contribution in [2.75, 3.05) is 0 Å². The van der Waals surface area contributed by atoms with Crippen LogP contribution in [-0.4, -0.2) is 16.1 Å². The van der Waals surface area contributed by atoms with Crippen LogP contribution in [0.4, 0.5) is 0 Å². The molecule has 0 spiro atoms. The smallest absolute Gasteiger partial charge is 0.0486 e. The number of hydrogen-bond acceptors (Lipinski definition) is 1. The van der Waals surface area contributed by atoms with Crippen LogP contribution in [0.3, 0.4) is 0 Å². The van der Waals surface area contributed by atoms with Crippen molar-refractivity contribution >= 4 is 10.9 Å². The van der Waals surface area contributed by atoms with Crippen LogP contribution in [0.15, 0.2) is 72.4 Å². The molecule has 2 heterocycles. The fourth-order valence-corrected chi connectivity index (χ4v) is 5.66. The Kier molecular flexibility index (Phi) is 4.63. The topological polar surface area (TPSA) is 17.0 Å². The maximum Gasteiger partial charge on any atom is 0.0486 e. The molecule has 150 valence electrons. The van der Waals surface area contributed by atoms with Crippen molar-refractivity contribution < 1.29 is 0 Å². The van der Waals surface area contributed by atoms with Gasteiger partial charge in [-0.05, 0) is 69.1 Å². The zero-order valence-electron chi connectivity index (χ0n) is 17.9. The van der Waals surface area contributed by atoms with E-state index in [2.05, 4.69) is 97.5 Å². The number of hydrogen-bond donors (Lipinski definition) is 1. The average Bonchev–Trinajstić information content (AvgIpc) is 3.05. The predicted octanol–water partition coefficient (Wildman–Crippen LogP) is 5.96. The van der Waals surface area contributed by atoms with Gasteiger partial charge < -0.3 is 9.88 Å². The summed E-state index contributed by atoms with van der Waals surface area (Å²) in [5.74, 6) is 1.42. The molecular weight excluding hydrogens is 352 g/mol. The van der Waals surface area contributed by atoms with Crippen LogP contribution in [0.1, 0.15) is 44.7 Å². The lowest BCUT2D eigenvalue weighted by Gasteiger charge is -2.50. The summed E-state index contributed by atoms with van der Waals surface area (Å²) < 4.78 is 2.43. The minimum absolute atomic E-state index is 0.209. The number of para-hydroxylation sites is 1. The van der Waals surface area contributed by atoms with Gasteiger partial charge in [-0.25, -0.2) is 0 Å². The van der Waals surface area contributed by atoms with E-state index >= 15 is 0 Å². The molecule has 1 fully saturated rings. The first-order valence-corrected chi connectivity index (χ1v) is 11.1. The molecule has 3 atom stereocenters. The maximum atomic E-state index is 4.05. The molecule has 3 unspecified atom stereocenters. The number of piperidine rings is 1. The summed E-state index contributed by atoms with van der Waals surface area (Å²) in [6.07, 6.45) is 8.56. The Bertz CT molecular complexity index is 1040. The van der Waals surface area contributed by atoms with Crippen LogP contribution in [-0.2, 0) is 13.0 Å². The third kappa shape index (κ3) is 3.44. The van der Waals surface area contributed by atoms with Gasteiger partial charge in [-0.2, -0.15) is 0 Å². The zero-order chi connectivity index (χ0) is 20.0. The first-order valence-electron chi connectivity index (χ1n) is 11.1. The van der Waals surface area contributed by atoms with Gasteiger partial charge in [-0.15, -0.1) is 0 Å². The molecule has 0 radical (unpaired) electrons. The predicted molar refractivity (Wildman–Crippen MR) is 122 cm³/mol. The van der Waals surface area contributed by atoms with E-state index in [9.17, 15) is 0 Å². The number of nitrogens with zero attached hydrogens (tertiary/aromatic N) is 1. The second kappa shape index (κ2) is 7.18. The second-order valence-electron chi connectivity index (χ2n) is 9.68. The van der Waals surface area contributed by atoms with E-state index in [4.69, 9.17) is 0 Å². The van der Waals surface area contributed by atoms with Gasteiger partial charge in [0.1, 0.15) is 0 Å². The van der Waals surface area contributed by atoms with E-state index in [0.29, 0.717) is 12.0 Å². The fraction of sp³-hybridized carbons (Fsp3) is 0.407. The highest BCUT2D eigenvalue weighted by Crippen LogP contribution is 2.43. The Morgan fingerprint density at radius 2 is 1.79 bits per heavy atom. The monoisotopic (exact) mass is 384 g/mol. The first-order chi connectivity index (χ1) is 14.0. The Morgan fingerprint density at radius 1 is 1.03 bits per heavy atom. The highest BCUT2D eigenvalue weighted by Gasteiger charge is 2.43. The summed E-state index contributed by atoms with van der Waals surface area (Å²) in [7, 11) is 0. The van der Waals surface area contributed by atoms with Crippen molar-refractivity contribution in [3.8, 4) is 0 Å². The van der Waals surface area contributed by atoms with E-state index in [1.807, 2.05) is 0 Å². The van der Waals surface area contributed by atoms with Gasteiger partial charge in [0.15, 0.2) is 0 Å². The molecule has 2 nitrogen and oxygen atoms in total. The Labute approximate surface area is 174 Å². The molecule has 2 heteroatoms. The molecule has 2 aliphatic rings. The molecule has 1 aromatic heterocycles. The van der Waals surface area contributed by atoms with Crippen LogP contribution in [0.2, 0.25) is 0 Å². The molecule has 0 amide bonds. The highest BCUT2D eigenvalue weighted by molar-refractivity contribution is 5.84. The standard InChI is InChI=1S/C27H32N2/c1-19-13-14-22-16-24(19)25(28-27(22,2)3)15-21-18-29(17-20-9-5-4-6-10-20)26-12-8-7-11-23(21)26/h4-13,18,22,24-25,28H,14-17H2,1-3H3. The molecule has 1 aliphatic heterocycles. The van der Waals surface area contributed by atoms with Gasteiger partial charge in [-0.1, -0.05) is 60.2 Å². The van der Waals surface area contributed by atoms with Gasteiger partial charge in [0.2, 0.25) is 0 Å². The van der Waals surface area contributed by atoms with Crippen molar-refractivity contribution in [3.63, 3.8) is 0 Å². The summed E-state index contributed by atoms with van der Waals surface area (Å²) >= 11 is 0. The van der Waals surface area contributed by atoms with E-state index in [-0.39, 0.29) is 5.54 Å². The molecule has 2 aromatic carbocycles.